The van der Waals surface area contributed by atoms with E-state index in [1.54, 1.807) is 25.3 Å². The standard InChI is InChI=1S/C14H20N2O3S/c1-3-6-16(7-8-19-2)20(17,18)14-5-4-12-10-15-11-13(12)9-14/h3-5,9,15H,1,6-8,10-11H2,2H3. The van der Waals surface area contributed by atoms with E-state index in [2.05, 4.69) is 11.9 Å². The molecule has 0 atom stereocenters. The molecular weight excluding hydrogens is 276 g/mol. The molecule has 0 spiro atoms. The van der Waals surface area contributed by atoms with Crippen LogP contribution in [0.3, 0.4) is 0 Å². The van der Waals surface area contributed by atoms with Gasteiger partial charge in [-0.25, -0.2) is 8.42 Å². The summed E-state index contributed by atoms with van der Waals surface area (Å²) >= 11 is 0. The number of rotatable bonds is 7. The van der Waals surface area contributed by atoms with Gasteiger partial charge in [-0.15, -0.1) is 6.58 Å². The molecule has 0 radical (unpaired) electrons. The molecule has 2 rings (SSSR count). The summed E-state index contributed by atoms with van der Waals surface area (Å²) in [7, 11) is -1.95. The largest absolute Gasteiger partial charge is 0.383 e. The van der Waals surface area contributed by atoms with E-state index in [-0.39, 0.29) is 6.54 Å². The fraction of sp³-hybridized carbons (Fsp3) is 0.429. The molecule has 110 valence electrons. The number of fused-ring (bicyclic) bond motifs is 1. The SMILES string of the molecule is C=CCN(CCOC)S(=O)(=O)c1ccc2c(c1)CNC2. The van der Waals surface area contributed by atoms with E-state index < -0.39 is 10.0 Å². The number of sulfonamides is 1. The van der Waals surface area contributed by atoms with Gasteiger partial charge in [-0.05, 0) is 23.3 Å². The van der Waals surface area contributed by atoms with Crippen molar-refractivity contribution in [1.29, 1.82) is 0 Å². The highest BCUT2D eigenvalue weighted by atomic mass is 32.2. The van der Waals surface area contributed by atoms with E-state index in [1.807, 2.05) is 6.07 Å². The molecule has 1 aromatic rings. The summed E-state index contributed by atoms with van der Waals surface area (Å²) in [6.45, 7) is 6.10. The lowest BCUT2D eigenvalue weighted by Crippen LogP contribution is -2.34. The molecule has 1 aromatic carbocycles. The van der Waals surface area contributed by atoms with Crippen LogP contribution in [-0.4, -0.2) is 39.5 Å². The smallest absolute Gasteiger partial charge is 0.243 e. The highest BCUT2D eigenvalue weighted by Gasteiger charge is 2.24. The summed E-state index contributed by atoms with van der Waals surface area (Å²) in [6.07, 6.45) is 1.59. The second-order valence-corrected chi connectivity index (χ2v) is 6.62. The van der Waals surface area contributed by atoms with Gasteiger partial charge in [-0.3, -0.25) is 0 Å². The van der Waals surface area contributed by atoms with Crippen molar-refractivity contribution in [2.75, 3.05) is 26.8 Å². The molecule has 0 saturated carbocycles. The Morgan fingerprint density at radius 2 is 2.15 bits per heavy atom. The van der Waals surface area contributed by atoms with Gasteiger partial charge in [0.15, 0.2) is 0 Å². The van der Waals surface area contributed by atoms with Gasteiger partial charge >= 0.3 is 0 Å². The van der Waals surface area contributed by atoms with Crippen LogP contribution < -0.4 is 5.32 Å². The molecule has 0 fully saturated rings. The number of hydrogen-bond donors (Lipinski definition) is 1. The van der Waals surface area contributed by atoms with Crippen molar-refractivity contribution in [1.82, 2.24) is 9.62 Å². The maximum atomic E-state index is 12.6. The van der Waals surface area contributed by atoms with Crippen molar-refractivity contribution in [2.24, 2.45) is 0 Å². The molecule has 6 heteroatoms. The van der Waals surface area contributed by atoms with Crippen molar-refractivity contribution >= 4 is 10.0 Å². The molecule has 0 unspecified atom stereocenters. The summed E-state index contributed by atoms with van der Waals surface area (Å²) in [5.41, 5.74) is 2.22. The van der Waals surface area contributed by atoms with Crippen LogP contribution in [0.5, 0.6) is 0 Å². The van der Waals surface area contributed by atoms with E-state index >= 15 is 0 Å². The topological polar surface area (TPSA) is 58.6 Å². The highest BCUT2D eigenvalue weighted by Crippen LogP contribution is 2.22. The van der Waals surface area contributed by atoms with E-state index in [0.717, 1.165) is 24.2 Å². The summed E-state index contributed by atoms with van der Waals surface area (Å²) in [5, 5.41) is 3.21. The third-order valence-electron chi connectivity index (χ3n) is 3.32. The zero-order valence-corrected chi connectivity index (χ0v) is 12.4. The molecule has 0 bridgehead atoms. The lowest BCUT2D eigenvalue weighted by molar-refractivity contribution is 0.182. The van der Waals surface area contributed by atoms with Crippen LogP contribution in [0.2, 0.25) is 0 Å². The Morgan fingerprint density at radius 3 is 2.85 bits per heavy atom. The Labute approximate surface area is 120 Å². The Morgan fingerprint density at radius 1 is 1.40 bits per heavy atom. The molecule has 1 heterocycles. The van der Waals surface area contributed by atoms with Gasteiger partial charge in [0.05, 0.1) is 11.5 Å². The highest BCUT2D eigenvalue weighted by molar-refractivity contribution is 7.89. The number of nitrogens with one attached hydrogen (secondary N) is 1. The van der Waals surface area contributed by atoms with E-state index in [0.29, 0.717) is 18.0 Å². The average Bonchev–Trinajstić information content (AvgIpc) is 2.90. The van der Waals surface area contributed by atoms with Crippen LogP contribution in [0.4, 0.5) is 0 Å². The average molecular weight is 296 g/mol. The Balaban J connectivity index is 2.29. The number of benzene rings is 1. The number of hydrogen-bond acceptors (Lipinski definition) is 4. The molecule has 0 aromatic heterocycles. The molecule has 1 N–H and O–H groups in total. The number of methoxy groups -OCH3 is 1. The molecule has 1 aliphatic rings. The van der Waals surface area contributed by atoms with Crippen molar-refractivity contribution in [3.63, 3.8) is 0 Å². The maximum Gasteiger partial charge on any atom is 0.243 e. The second-order valence-electron chi connectivity index (χ2n) is 4.68. The lowest BCUT2D eigenvalue weighted by atomic mass is 10.1. The van der Waals surface area contributed by atoms with Crippen molar-refractivity contribution < 1.29 is 13.2 Å². The molecule has 5 nitrogen and oxygen atoms in total. The molecule has 1 aliphatic heterocycles. The summed E-state index contributed by atoms with van der Waals surface area (Å²) in [5.74, 6) is 0. The number of nitrogens with zero attached hydrogens (tertiary/aromatic N) is 1. The first-order valence-corrected chi connectivity index (χ1v) is 7.96. The fourth-order valence-electron chi connectivity index (χ4n) is 2.23. The predicted octanol–water partition coefficient (Wildman–Crippen LogP) is 1.11. The van der Waals surface area contributed by atoms with Crippen molar-refractivity contribution in [3.05, 3.63) is 42.0 Å². The van der Waals surface area contributed by atoms with Crippen LogP contribution in [0, 0.1) is 0 Å². The van der Waals surface area contributed by atoms with Gasteiger partial charge in [0.25, 0.3) is 0 Å². The van der Waals surface area contributed by atoms with E-state index in [1.165, 1.54) is 4.31 Å². The molecular formula is C14H20N2O3S. The van der Waals surface area contributed by atoms with Crippen molar-refractivity contribution in [3.8, 4) is 0 Å². The van der Waals surface area contributed by atoms with E-state index in [9.17, 15) is 8.42 Å². The lowest BCUT2D eigenvalue weighted by Gasteiger charge is -2.20. The van der Waals surface area contributed by atoms with Crippen LogP contribution in [0.25, 0.3) is 0 Å². The predicted molar refractivity (Wildman–Crippen MR) is 77.8 cm³/mol. The van der Waals surface area contributed by atoms with Crippen molar-refractivity contribution in [2.45, 2.75) is 18.0 Å². The Hall–Kier alpha value is -1.21. The Bertz CT molecular complexity index is 584. The van der Waals surface area contributed by atoms with Gasteiger partial charge in [-0.2, -0.15) is 4.31 Å². The normalized spacial score (nSPS) is 14.5. The van der Waals surface area contributed by atoms with Crippen LogP contribution in [0.1, 0.15) is 11.1 Å². The second kappa shape index (κ2) is 6.49. The van der Waals surface area contributed by atoms with Gasteiger partial charge in [0, 0.05) is 33.3 Å². The van der Waals surface area contributed by atoms with E-state index in [4.69, 9.17) is 4.74 Å². The zero-order chi connectivity index (χ0) is 14.6. The molecule has 0 amide bonds. The summed E-state index contributed by atoms with van der Waals surface area (Å²) in [6, 6.07) is 5.31. The minimum Gasteiger partial charge on any atom is -0.383 e. The Kier molecular flexibility index (Phi) is 4.93. The summed E-state index contributed by atoms with van der Waals surface area (Å²) < 4.78 is 31.6. The van der Waals surface area contributed by atoms with Gasteiger partial charge in [-0.1, -0.05) is 12.1 Å². The first-order valence-electron chi connectivity index (χ1n) is 6.52. The third kappa shape index (κ3) is 3.09. The minimum absolute atomic E-state index is 0.279. The monoisotopic (exact) mass is 296 g/mol. The molecule has 0 saturated heterocycles. The van der Waals surface area contributed by atoms with Crippen LogP contribution >= 0.6 is 0 Å². The first-order chi connectivity index (χ1) is 9.59. The molecule has 20 heavy (non-hydrogen) atoms. The zero-order valence-electron chi connectivity index (χ0n) is 11.6. The van der Waals surface area contributed by atoms with Gasteiger partial charge < -0.3 is 10.1 Å². The van der Waals surface area contributed by atoms with Gasteiger partial charge in [0.1, 0.15) is 0 Å². The first kappa shape index (κ1) is 15.2. The molecule has 0 aliphatic carbocycles. The third-order valence-corrected chi connectivity index (χ3v) is 5.19. The minimum atomic E-state index is -3.50. The quantitative estimate of drug-likeness (QED) is 0.766. The summed E-state index contributed by atoms with van der Waals surface area (Å²) in [4.78, 5) is 0.331. The van der Waals surface area contributed by atoms with Crippen LogP contribution in [0.15, 0.2) is 35.7 Å². The maximum absolute atomic E-state index is 12.6. The number of ether oxygens (including phenoxy) is 1. The van der Waals surface area contributed by atoms with Crippen LogP contribution in [-0.2, 0) is 27.8 Å². The fourth-order valence-corrected chi connectivity index (χ4v) is 3.67. The van der Waals surface area contributed by atoms with Gasteiger partial charge in [0.2, 0.25) is 10.0 Å².